The van der Waals surface area contributed by atoms with Crippen molar-refractivity contribution < 1.29 is 4.42 Å². The lowest BCUT2D eigenvalue weighted by Gasteiger charge is -2.13. The fourth-order valence-electron chi connectivity index (χ4n) is 3.06. The van der Waals surface area contributed by atoms with E-state index < -0.39 is 0 Å². The van der Waals surface area contributed by atoms with Crippen LogP contribution in [0, 0.1) is 6.92 Å². The zero-order valence-corrected chi connectivity index (χ0v) is 12.4. The highest BCUT2D eigenvalue weighted by Crippen LogP contribution is 2.28. The van der Waals surface area contributed by atoms with Crippen molar-refractivity contribution in [2.24, 2.45) is 0 Å². The van der Waals surface area contributed by atoms with Crippen LogP contribution in [-0.2, 0) is 12.8 Å². The molecule has 3 nitrogen and oxygen atoms in total. The number of rotatable bonds is 2. The lowest BCUT2D eigenvalue weighted by molar-refractivity contribution is 0.561. The summed E-state index contributed by atoms with van der Waals surface area (Å²) < 4.78 is 5.50. The maximum absolute atomic E-state index is 6.06. The Morgan fingerprint density at radius 1 is 1.14 bits per heavy atom. The summed E-state index contributed by atoms with van der Waals surface area (Å²) in [6.07, 6.45) is 2.04. The topological polar surface area (TPSA) is 38.1 Å². The van der Waals surface area contributed by atoms with Crippen molar-refractivity contribution in [2.45, 2.75) is 25.8 Å². The maximum Gasteiger partial charge on any atom is 0.192 e. The van der Waals surface area contributed by atoms with Gasteiger partial charge in [-0.15, -0.1) is 0 Å². The molecule has 3 aromatic rings. The standard InChI is InChI=1S/C17H15ClN2O/c1-10-19-16-9-14(4-5-17(16)21-10)20-15-7-11-2-3-13(18)6-12(11)8-15/h2-6,9,15,20H,7-8H2,1H3. The van der Waals surface area contributed by atoms with Gasteiger partial charge >= 0.3 is 0 Å². The number of halogens is 1. The number of oxazole rings is 1. The summed E-state index contributed by atoms with van der Waals surface area (Å²) >= 11 is 6.06. The van der Waals surface area contributed by atoms with Gasteiger partial charge in [0.25, 0.3) is 0 Å². The third-order valence-electron chi connectivity index (χ3n) is 3.97. The molecule has 1 aromatic heterocycles. The SMILES string of the molecule is Cc1nc2cc(NC3Cc4ccc(Cl)cc4C3)ccc2o1. The van der Waals surface area contributed by atoms with Gasteiger partial charge in [0.05, 0.1) is 0 Å². The van der Waals surface area contributed by atoms with E-state index in [0.29, 0.717) is 11.9 Å². The number of hydrogen-bond acceptors (Lipinski definition) is 3. The largest absolute Gasteiger partial charge is 0.441 e. The van der Waals surface area contributed by atoms with Crippen LogP contribution in [0.1, 0.15) is 17.0 Å². The van der Waals surface area contributed by atoms with Gasteiger partial charge in [0, 0.05) is 23.7 Å². The first-order chi connectivity index (χ1) is 10.2. The number of hydrogen-bond donors (Lipinski definition) is 1. The summed E-state index contributed by atoms with van der Waals surface area (Å²) in [7, 11) is 0. The average molecular weight is 299 g/mol. The minimum absolute atomic E-state index is 0.406. The maximum atomic E-state index is 6.06. The highest BCUT2D eigenvalue weighted by atomic mass is 35.5. The van der Waals surface area contributed by atoms with E-state index in [1.165, 1.54) is 11.1 Å². The van der Waals surface area contributed by atoms with Gasteiger partial charge < -0.3 is 9.73 Å². The van der Waals surface area contributed by atoms with Crippen LogP contribution in [0.4, 0.5) is 5.69 Å². The molecule has 1 heterocycles. The number of aromatic nitrogens is 1. The number of fused-ring (bicyclic) bond motifs is 2. The van der Waals surface area contributed by atoms with Crippen molar-refractivity contribution in [1.82, 2.24) is 4.98 Å². The first-order valence-electron chi connectivity index (χ1n) is 7.08. The molecular weight excluding hydrogens is 284 g/mol. The lowest BCUT2D eigenvalue weighted by atomic mass is 10.1. The quantitative estimate of drug-likeness (QED) is 0.763. The second-order valence-electron chi connectivity index (χ2n) is 5.58. The normalized spacial score (nSPS) is 17.1. The van der Waals surface area contributed by atoms with E-state index in [9.17, 15) is 0 Å². The van der Waals surface area contributed by atoms with Gasteiger partial charge in [-0.1, -0.05) is 17.7 Å². The molecule has 1 N–H and O–H groups in total. The molecule has 0 saturated carbocycles. The molecule has 0 radical (unpaired) electrons. The van der Waals surface area contributed by atoms with E-state index in [0.717, 1.165) is 34.7 Å². The van der Waals surface area contributed by atoms with Crippen LogP contribution in [0.15, 0.2) is 40.8 Å². The smallest absolute Gasteiger partial charge is 0.192 e. The van der Waals surface area contributed by atoms with E-state index in [1.807, 2.05) is 31.2 Å². The summed E-state index contributed by atoms with van der Waals surface area (Å²) in [5.41, 5.74) is 5.55. The lowest BCUT2D eigenvalue weighted by Crippen LogP contribution is -2.19. The van der Waals surface area contributed by atoms with E-state index in [2.05, 4.69) is 22.4 Å². The summed E-state index contributed by atoms with van der Waals surface area (Å²) in [5, 5.41) is 4.40. The van der Waals surface area contributed by atoms with E-state index >= 15 is 0 Å². The molecule has 1 aliphatic rings. The molecule has 0 bridgehead atoms. The number of aryl methyl sites for hydroxylation is 1. The van der Waals surface area contributed by atoms with E-state index in [1.54, 1.807) is 0 Å². The van der Waals surface area contributed by atoms with Crippen LogP contribution in [0.2, 0.25) is 5.02 Å². The predicted molar refractivity (Wildman–Crippen MR) is 85.0 cm³/mol. The molecule has 2 aromatic carbocycles. The molecule has 106 valence electrons. The molecule has 1 unspecified atom stereocenters. The Morgan fingerprint density at radius 2 is 2.00 bits per heavy atom. The Bertz CT molecular complexity index is 825. The second-order valence-corrected chi connectivity index (χ2v) is 6.01. The molecule has 0 saturated heterocycles. The molecule has 0 amide bonds. The summed E-state index contributed by atoms with van der Waals surface area (Å²) in [5.74, 6) is 0.699. The Balaban J connectivity index is 1.56. The molecule has 4 heteroatoms. The van der Waals surface area contributed by atoms with Crippen LogP contribution in [0.3, 0.4) is 0 Å². The van der Waals surface area contributed by atoms with E-state index in [4.69, 9.17) is 16.0 Å². The monoisotopic (exact) mass is 298 g/mol. The third-order valence-corrected chi connectivity index (χ3v) is 4.20. The van der Waals surface area contributed by atoms with Crippen LogP contribution < -0.4 is 5.32 Å². The van der Waals surface area contributed by atoms with Crippen molar-refractivity contribution in [1.29, 1.82) is 0 Å². The molecule has 0 aliphatic heterocycles. The van der Waals surface area contributed by atoms with Gasteiger partial charge in [0.2, 0.25) is 0 Å². The molecule has 21 heavy (non-hydrogen) atoms. The fraction of sp³-hybridized carbons (Fsp3) is 0.235. The minimum atomic E-state index is 0.406. The number of anilines is 1. The number of nitrogens with one attached hydrogen (secondary N) is 1. The summed E-state index contributed by atoms with van der Waals surface area (Å²) in [6.45, 7) is 1.87. The van der Waals surface area contributed by atoms with Crippen molar-refractivity contribution in [3.05, 3.63) is 58.4 Å². The van der Waals surface area contributed by atoms with Crippen molar-refractivity contribution in [3.8, 4) is 0 Å². The zero-order valence-electron chi connectivity index (χ0n) is 11.7. The summed E-state index contributed by atoms with van der Waals surface area (Å²) in [6, 6.07) is 12.6. The first kappa shape index (κ1) is 12.7. The van der Waals surface area contributed by atoms with Gasteiger partial charge in [-0.3, -0.25) is 0 Å². The summed E-state index contributed by atoms with van der Waals surface area (Å²) in [4.78, 5) is 4.38. The highest BCUT2D eigenvalue weighted by molar-refractivity contribution is 6.30. The van der Waals surface area contributed by atoms with Gasteiger partial charge in [-0.05, 0) is 54.3 Å². The molecular formula is C17H15ClN2O. The van der Waals surface area contributed by atoms with Crippen LogP contribution in [0.25, 0.3) is 11.1 Å². The minimum Gasteiger partial charge on any atom is -0.441 e. The van der Waals surface area contributed by atoms with Crippen LogP contribution in [-0.4, -0.2) is 11.0 Å². The predicted octanol–water partition coefficient (Wildman–Crippen LogP) is 4.37. The Labute approximate surface area is 127 Å². The van der Waals surface area contributed by atoms with Gasteiger partial charge in [0.15, 0.2) is 11.5 Å². The van der Waals surface area contributed by atoms with Gasteiger partial charge in [-0.25, -0.2) is 4.98 Å². The molecule has 1 aliphatic carbocycles. The average Bonchev–Trinajstić information content (AvgIpc) is 2.99. The molecule has 0 spiro atoms. The Kier molecular flexibility index (Phi) is 2.89. The third kappa shape index (κ3) is 2.38. The first-order valence-corrected chi connectivity index (χ1v) is 7.46. The Hall–Kier alpha value is -2.00. The molecule has 4 rings (SSSR count). The van der Waals surface area contributed by atoms with Crippen molar-refractivity contribution in [3.63, 3.8) is 0 Å². The zero-order chi connectivity index (χ0) is 14.4. The molecule has 1 atom stereocenters. The van der Waals surface area contributed by atoms with Gasteiger partial charge in [0.1, 0.15) is 5.52 Å². The fourth-order valence-corrected chi connectivity index (χ4v) is 3.25. The highest BCUT2D eigenvalue weighted by Gasteiger charge is 2.21. The van der Waals surface area contributed by atoms with E-state index in [-0.39, 0.29) is 0 Å². The Morgan fingerprint density at radius 3 is 2.90 bits per heavy atom. The van der Waals surface area contributed by atoms with Crippen molar-refractivity contribution in [2.75, 3.05) is 5.32 Å². The van der Waals surface area contributed by atoms with Crippen molar-refractivity contribution >= 4 is 28.4 Å². The number of benzene rings is 2. The number of nitrogens with zero attached hydrogens (tertiary/aromatic N) is 1. The van der Waals surface area contributed by atoms with Crippen LogP contribution >= 0.6 is 11.6 Å². The second kappa shape index (κ2) is 4.78. The molecule has 0 fully saturated rings. The van der Waals surface area contributed by atoms with Gasteiger partial charge in [-0.2, -0.15) is 0 Å². The van der Waals surface area contributed by atoms with Crippen LogP contribution in [0.5, 0.6) is 0 Å².